The van der Waals surface area contributed by atoms with Crippen molar-refractivity contribution in [1.29, 1.82) is 0 Å². The Labute approximate surface area is 142 Å². The molecule has 0 unspecified atom stereocenters. The van der Waals surface area contributed by atoms with Gasteiger partial charge in [-0.05, 0) is 48.0 Å². The molecular formula is C20H21NO3. The van der Waals surface area contributed by atoms with Crippen molar-refractivity contribution in [3.05, 3.63) is 65.7 Å². The van der Waals surface area contributed by atoms with Crippen LogP contribution in [0.5, 0.6) is 5.75 Å². The predicted octanol–water partition coefficient (Wildman–Crippen LogP) is 3.43. The lowest BCUT2D eigenvalue weighted by molar-refractivity contribution is 0.104. The normalized spacial score (nSPS) is 14.8. The number of ether oxygens (including phenoxy) is 2. The van der Waals surface area contributed by atoms with Gasteiger partial charge >= 0.3 is 0 Å². The van der Waals surface area contributed by atoms with Crippen LogP contribution < -0.4 is 9.64 Å². The van der Waals surface area contributed by atoms with E-state index in [1.54, 1.807) is 19.3 Å². The number of ketones is 1. The van der Waals surface area contributed by atoms with E-state index in [0.717, 1.165) is 43.3 Å². The molecule has 0 radical (unpaired) electrons. The third-order valence-corrected chi connectivity index (χ3v) is 4.05. The minimum Gasteiger partial charge on any atom is -0.497 e. The molecule has 3 rings (SSSR count). The topological polar surface area (TPSA) is 38.8 Å². The summed E-state index contributed by atoms with van der Waals surface area (Å²) in [5, 5.41) is 0. The van der Waals surface area contributed by atoms with E-state index in [2.05, 4.69) is 4.90 Å². The Kier molecular flexibility index (Phi) is 5.29. The van der Waals surface area contributed by atoms with Gasteiger partial charge in [-0.1, -0.05) is 18.2 Å². The molecule has 124 valence electrons. The van der Waals surface area contributed by atoms with Crippen molar-refractivity contribution in [3.63, 3.8) is 0 Å². The summed E-state index contributed by atoms with van der Waals surface area (Å²) in [5.41, 5.74) is 2.76. The maximum Gasteiger partial charge on any atom is 0.185 e. The van der Waals surface area contributed by atoms with Gasteiger partial charge in [0.2, 0.25) is 0 Å². The molecule has 0 spiro atoms. The lowest BCUT2D eigenvalue weighted by Crippen LogP contribution is -2.36. The molecule has 2 aromatic rings. The summed E-state index contributed by atoms with van der Waals surface area (Å²) < 4.78 is 10.5. The second-order valence-electron chi connectivity index (χ2n) is 5.62. The first-order chi connectivity index (χ1) is 11.8. The standard InChI is InChI=1S/C20H21NO3/c1-23-19-4-2-3-16(15-19)5-10-20(22)17-6-8-18(9-7-17)21-11-13-24-14-12-21/h2-10,15H,11-14H2,1H3/b10-5+. The van der Waals surface area contributed by atoms with Gasteiger partial charge in [0.05, 0.1) is 20.3 Å². The number of anilines is 1. The van der Waals surface area contributed by atoms with Gasteiger partial charge in [0.1, 0.15) is 5.75 Å². The van der Waals surface area contributed by atoms with E-state index in [1.807, 2.05) is 48.5 Å². The quantitative estimate of drug-likeness (QED) is 0.624. The van der Waals surface area contributed by atoms with E-state index in [9.17, 15) is 4.79 Å². The highest BCUT2D eigenvalue weighted by molar-refractivity contribution is 6.07. The van der Waals surface area contributed by atoms with Crippen LogP contribution in [0, 0.1) is 0 Å². The molecule has 1 aliphatic heterocycles. The Morgan fingerprint density at radius 1 is 1.12 bits per heavy atom. The molecule has 1 saturated heterocycles. The van der Waals surface area contributed by atoms with E-state index < -0.39 is 0 Å². The highest BCUT2D eigenvalue weighted by atomic mass is 16.5. The number of methoxy groups -OCH3 is 1. The SMILES string of the molecule is COc1cccc(/C=C/C(=O)c2ccc(N3CCOCC3)cc2)c1. The second-order valence-corrected chi connectivity index (χ2v) is 5.62. The number of rotatable bonds is 5. The number of morpholine rings is 1. The largest absolute Gasteiger partial charge is 0.497 e. The van der Waals surface area contributed by atoms with E-state index in [1.165, 1.54) is 0 Å². The van der Waals surface area contributed by atoms with Crippen molar-refractivity contribution in [3.8, 4) is 5.75 Å². The minimum absolute atomic E-state index is 0.00801. The zero-order valence-corrected chi connectivity index (χ0v) is 13.8. The molecule has 0 saturated carbocycles. The number of allylic oxidation sites excluding steroid dienone is 1. The van der Waals surface area contributed by atoms with Gasteiger partial charge in [0.25, 0.3) is 0 Å². The van der Waals surface area contributed by atoms with E-state index in [0.29, 0.717) is 5.56 Å². The molecule has 0 aliphatic carbocycles. The Balaban J connectivity index is 1.67. The monoisotopic (exact) mass is 323 g/mol. The summed E-state index contributed by atoms with van der Waals surface area (Å²) in [6.45, 7) is 3.29. The average Bonchev–Trinajstić information content (AvgIpc) is 2.67. The molecule has 0 N–H and O–H groups in total. The Bertz CT molecular complexity index is 716. The Hall–Kier alpha value is -2.59. The fraction of sp³-hybridized carbons (Fsp3) is 0.250. The lowest BCUT2D eigenvalue weighted by Gasteiger charge is -2.28. The van der Waals surface area contributed by atoms with Crippen LogP contribution in [-0.2, 0) is 4.74 Å². The molecule has 1 aliphatic rings. The highest BCUT2D eigenvalue weighted by Crippen LogP contribution is 2.18. The number of nitrogens with zero attached hydrogens (tertiary/aromatic N) is 1. The van der Waals surface area contributed by atoms with Gasteiger partial charge in [0.15, 0.2) is 5.78 Å². The molecule has 0 bridgehead atoms. The fourth-order valence-electron chi connectivity index (χ4n) is 2.67. The van der Waals surface area contributed by atoms with E-state index in [4.69, 9.17) is 9.47 Å². The van der Waals surface area contributed by atoms with Crippen LogP contribution in [0.3, 0.4) is 0 Å². The fourth-order valence-corrected chi connectivity index (χ4v) is 2.67. The predicted molar refractivity (Wildman–Crippen MR) is 95.8 cm³/mol. The van der Waals surface area contributed by atoms with Crippen molar-refractivity contribution in [2.75, 3.05) is 38.3 Å². The van der Waals surface area contributed by atoms with Crippen LogP contribution in [0.1, 0.15) is 15.9 Å². The lowest BCUT2D eigenvalue weighted by atomic mass is 10.1. The summed E-state index contributed by atoms with van der Waals surface area (Å²) in [4.78, 5) is 14.6. The van der Waals surface area contributed by atoms with Crippen molar-refractivity contribution < 1.29 is 14.3 Å². The van der Waals surface area contributed by atoms with Gasteiger partial charge in [-0.15, -0.1) is 0 Å². The number of benzene rings is 2. The van der Waals surface area contributed by atoms with Crippen molar-refractivity contribution in [2.45, 2.75) is 0 Å². The number of carbonyl (C=O) groups excluding carboxylic acids is 1. The third kappa shape index (κ3) is 4.03. The van der Waals surface area contributed by atoms with Gasteiger partial charge in [-0.3, -0.25) is 4.79 Å². The van der Waals surface area contributed by atoms with E-state index >= 15 is 0 Å². The molecule has 0 atom stereocenters. The first-order valence-corrected chi connectivity index (χ1v) is 8.05. The average molecular weight is 323 g/mol. The highest BCUT2D eigenvalue weighted by Gasteiger charge is 2.11. The van der Waals surface area contributed by atoms with Crippen LogP contribution in [0.25, 0.3) is 6.08 Å². The minimum atomic E-state index is -0.00801. The summed E-state index contributed by atoms with van der Waals surface area (Å²) in [6.07, 6.45) is 3.40. The number of hydrogen-bond donors (Lipinski definition) is 0. The van der Waals surface area contributed by atoms with Crippen LogP contribution in [0.2, 0.25) is 0 Å². The zero-order chi connectivity index (χ0) is 16.8. The number of carbonyl (C=O) groups is 1. The summed E-state index contributed by atoms with van der Waals surface area (Å²) in [7, 11) is 1.63. The first-order valence-electron chi connectivity index (χ1n) is 8.05. The molecule has 0 amide bonds. The third-order valence-electron chi connectivity index (χ3n) is 4.05. The van der Waals surface area contributed by atoms with Crippen LogP contribution >= 0.6 is 0 Å². The molecule has 2 aromatic carbocycles. The van der Waals surface area contributed by atoms with Crippen molar-refractivity contribution >= 4 is 17.5 Å². The molecule has 0 aromatic heterocycles. The molecule has 1 fully saturated rings. The molecule has 24 heavy (non-hydrogen) atoms. The van der Waals surface area contributed by atoms with Crippen LogP contribution in [-0.4, -0.2) is 39.2 Å². The summed E-state index contributed by atoms with van der Waals surface area (Å²) >= 11 is 0. The van der Waals surface area contributed by atoms with E-state index in [-0.39, 0.29) is 5.78 Å². The second kappa shape index (κ2) is 7.79. The van der Waals surface area contributed by atoms with Crippen LogP contribution in [0.4, 0.5) is 5.69 Å². The first kappa shape index (κ1) is 16.3. The molecule has 1 heterocycles. The smallest absolute Gasteiger partial charge is 0.185 e. The van der Waals surface area contributed by atoms with Gasteiger partial charge < -0.3 is 14.4 Å². The molecule has 4 heteroatoms. The molecule has 4 nitrogen and oxygen atoms in total. The Morgan fingerprint density at radius 2 is 1.88 bits per heavy atom. The zero-order valence-electron chi connectivity index (χ0n) is 13.8. The Morgan fingerprint density at radius 3 is 2.58 bits per heavy atom. The van der Waals surface area contributed by atoms with Crippen LogP contribution in [0.15, 0.2) is 54.6 Å². The van der Waals surface area contributed by atoms with Gasteiger partial charge in [-0.2, -0.15) is 0 Å². The summed E-state index contributed by atoms with van der Waals surface area (Å²) in [5.74, 6) is 0.769. The maximum atomic E-state index is 12.3. The van der Waals surface area contributed by atoms with Crippen molar-refractivity contribution in [1.82, 2.24) is 0 Å². The molecular weight excluding hydrogens is 302 g/mol. The number of hydrogen-bond acceptors (Lipinski definition) is 4. The van der Waals surface area contributed by atoms with Gasteiger partial charge in [-0.25, -0.2) is 0 Å². The van der Waals surface area contributed by atoms with Gasteiger partial charge in [0, 0.05) is 24.3 Å². The maximum absolute atomic E-state index is 12.3. The summed E-state index contributed by atoms with van der Waals surface area (Å²) in [6, 6.07) is 15.4. The van der Waals surface area contributed by atoms with Crippen molar-refractivity contribution in [2.24, 2.45) is 0 Å².